The van der Waals surface area contributed by atoms with E-state index in [0.717, 1.165) is 22.2 Å². The van der Waals surface area contributed by atoms with Gasteiger partial charge in [0.25, 0.3) is 5.91 Å². The van der Waals surface area contributed by atoms with Crippen molar-refractivity contribution in [1.82, 2.24) is 10.3 Å². The van der Waals surface area contributed by atoms with Gasteiger partial charge in [-0.15, -0.1) is 0 Å². The number of benzene rings is 2. The number of aromatic nitrogens is 1. The first kappa shape index (κ1) is 21.8. The lowest BCUT2D eigenvalue weighted by molar-refractivity contribution is 0.100. The average Bonchev–Trinajstić information content (AvgIpc) is 2.74. The second-order valence-corrected chi connectivity index (χ2v) is 7.21. The van der Waals surface area contributed by atoms with Crippen LogP contribution >= 0.6 is 11.6 Å². The predicted octanol–water partition coefficient (Wildman–Crippen LogP) is 3.51. The molecule has 2 aromatic carbocycles. The van der Waals surface area contributed by atoms with Crippen LogP contribution in [-0.2, 0) is 11.3 Å². The molecule has 0 saturated carbocycles. The van der Waals surface area contributed by atoms with Crippen LogP contribution in [0, 0.1) is 0 Å². The molecule has 0 fully saturated rings. The Morgan fingerprint density at radius 1 is 1.27 bits per heavy atom. The number of anilines is 1. The lowest BCUT2D eigenvalue weighted by Gasteiger charge is -2.24. The van der Waals surface area contributed by atoms with Gasteiger partial charge in [-0.2, -0.15) is 0 Å². The summed E-state index contributed by atoms with van der Waals surface area (Å²) in [4.78, 5) is 16.4. The van der Waals surface area contributed by atoms with Gasteiger partial charge in [0, 0.05) is 30.8 Å². The minimum atomic E-state index is -0.521. The molecule has 0 aliphatic carbocycles. The summed E-state index contributed by atoms with van der Waals surface area (Å²) in [6.07, 6.45) is 1.71. The van der Waals surface area contributed by atoms with Crippen molar-refractivity contribution in [3.63, 3.8) is 0 Å². The van der Waals surface area contributed by atoms with Gasteiger partial charge in [-0.05, 0) is 30.8 Å². The topological polar surface area (TPSA) is 98.5 Å². The van der Waals surface area contributed by atoms with Crippen molar-refractivity contribution in [2.45, 2.75) is 12.6 Å². The number of rotatable bonds is 9. The van der Waals surface area contributed by atoms with Crippen molar-refractivity contribution in [3.05, 3.63) is 64.3 Å². The normalized spacial score (nSPS) is 12.0. The summed E-state index contributed by atoms with van der Waals surface area (Å²) in [5, 5.41) is 8.12. The average molecular weight is 429 g/mol. The standard InChI is InChI=1S/C22H25ClN4O3/c1-25-11-18(13-7-8-19(30-3)17(23)9-13)27-20-14(12-29-2)10-26-21-15(20)5-4-6-16(21)22(24)28/h4-10,18,25H,11-12H2,1-3H3,(H2,24,28)(H,26,27). The molecule has 0 saturated heterocycles. The fraction of sp³-hybridized carbons (Fsp3) is 0.273. The molecule has 3 aromatic rings. The number of carbonyl (C=O) groups excluding carboxylic acids is 1. The number of nitrogens with one attached hydrogen (secondary N) is 2. The molecular formula is C22H25ClN4O3. The molecule has 1 unspecified atom stereocenters. The summed E-state index contributed by atoms with van der Waals surface area (Å²) in [6.45, 7) is 0.996. The van der Waals surface area contributed by atoms with E-state index in [2.05, 4.69) is 15.6 Å². The Kier molecular flexibility index (Phi) is 7.10. The maximum Gasteiger partial charge on any atom is 0.250 e. The third kappa shape index (κ3) is 4.48. The van der Waals surface area contributed by atoms with Crippen LogP contribution in [0.4, 0.5) is 5.69 Å². The zero-order chi connectivity index (χ0) is 21.7. The van der Waals surface area contributed by atoms with Gasteiger partial charge in [0.1, 0.15) is 5.75 Å². The van der Waals surface area contributed by atoms with Gasteiger partial charge >= 0.3 is 0 Å². The first-order valence-corrected chi connectivity index (χ1v) is 9.81. The highest BCUT2D eigenvalue weighted by atomic mass is 35.5. The van der Waals surface area contributed by atoms with Crippen LogP contribution in [0.25, 0.3) is 10.9 Å². The summed E-state index contributed by atoms with van der Waals surface area (Å²) in [5.41, 5.74) is 9.15. The van der Waals surface area contributed by atoms with E-state index in [1.54, 1.807) is 32.5 Å². The number of hydrogen-bond acceptors (Lipinski definition) is 6. The minimum Gasteiger partial charge on any atom is -0.495 e. The molecule has 3 rings (SSSR count). The summed E-state index contributed by atoms with van der Waals surface area (Å²) >= 11 is 6.35. The van der Waals surface area contributed by atoms with E-state index in [-0.39, 0.29) is 6.04 Å². The zero-order valence-corrected chi connectivity index (χ0v) is 17.9. The van der Waals surface area contributed by atoms with Gasteiger partial charge in [0.05, 0.1) is 41.5 Å². The molecule has 30 heavy (non-hydrogen) atoms. The zero-order valence-electron chi connectivity index (χ0n) is 17.2. The molecule has 1 heterocycles. The van der Waals surface area contributed by atoms with E-state index in [9.17, 15) is 4.79 Å². The summed E-state index contributed by atoms with van der Waals surface area (Å²) in [7, 11) is 5.09. The van der Waals surface area contributed by atoms with E-state index in [0.29, 0.717) is 35.0 Å². The van der Waals surface area contributed by atoms with E-state index in [1.807, 2.05) is 31.3 Å². The smallest absolute Gasteiger partial charge is 0.250 e. The molecule has 0 radical (unpaired) electrons. The molecule has 0 bridgehead atoms. The highest BCUT2D eigenvalue weighted by molar-refractivity contribution is 6.32. The van der Waals surface area contributed by atoms with Crippen molar-refractivity contribution in [2.24, 2.45) is 5.73 Å². The van der Waals surface area contributed by atoms with Gasteiger partial charge in [0.15, 0.2) is 0 Å². The van der Waals surface area contributed by atoms with Crippen LogP contribution in [0.1, 0.15) is 27.5 Å². The number of hydrogen-bond donors (Lipinski definition) is 3. The number of primary amides is 1. The van der Waals surface area contributed by atoms with Gasteiger partial charge < -0.3 is 25.8 Å². The highest BCUT2D eigenvalue weighted by Gasteiger charge is 2.19. The predicted molar refractivity (Wildman–Crippen MR) is 119 cm³/mol. The maximum absolute atomic E-state index is 11.9. The molecule has 0 aliphatic heterocycles. The third-order valence-electron chi connectivity index (χ3n) is 4.85. The minimum absolute atomic E-state index is 0.114. The molecular weight excluding hydrogens is 404 g/mol. The monoisotopic (exact) mass is 428 g/mol. The lowest BCUT2D eigenvalue weighted by Crippen LogP contribution is -2.24. The Hall–Kier alpha value is -2.87. The number of likely N-dealkylation sites (N-methyl/N-ethyl adjacent to an activating group) is 1. The number of nitrogens with two attached hydrogens (primary N) is 1. The van der Waals surface area contributed by atoms with E-state index >= 15 is 0 Å². The van der Waals surface area contributed by atoms with Crippen molar-refractivity contribution < 1.29 is 14.3 Å². The first-order valence-electron chi connectivity index (χ1n) is 9.44. The van der Waals surface area contributed by atoms with E-state index < -0.39 is 5.91 Å². The lowest BCUT2D eigenvalue weighted by atomic mass is 10.0. The van der Waals surface area contributed by atoms with Crippen molar-refractivity contribution in [1.29, 1.82) is 0 Å². The number of pyridine rings is 1. The number of para-hydroxylation sites is 1. The number of methoxy groups -OCH3 is 2. The largest absolute Gasteiger partial charge is 0.495 e. The third-order valence-corrected chi connectivity index (χ3v) is 5.14. The number of nitrogens with zero attached hydrogens (tertiary/aromatic N) is 1. The first-order chi connectivity index (χ1) is 14.5. The maximum atomic E-state index is 11.9. The Labute approximate surface area is 180 Å². The SMILES string of the molecule is CNCC(Nc1c(COC)cnc2c(C(N)=O)cccc12)c1ccc(OC)c(Cl)c1. The summed E-state index contributed by atoms with van der Waals surface area (Å²) < 4.78 is 10.6. The van der Waals surface area contributed by atoms with Crippen LogP contribution in [-0.4, -0.2) is 38.7 Å². The Bertz CT molecular complexity index is 1060. The van der Waals surface area contributed by atoms with Crippen LogP contribution in [0.2, 0.25) is 5.02 Å². The van der Waals surface area contributed by atoms with Crippen LogP contribution < -0.4 is 21.1 Å². The van der Waals surface area contributed by atoms with E-state index in [1.165, 1.54) is 0 Å². The van der Waals surface area contributed by atoms with Gasteiger partial charge in [-0.3, -0.25) is 9.78 Å². The molecule has 1 atom stereocenters. The number of carbonyl (C=O) groups is 1. The second kappa shape index (κ2) is 9.75. The number of amides is 1. The van der Waals surface area contributed by atoms with Gasteiger partial charge in [0.2, 0.25) is 0 Å². The van der Waals surface area contributed by atoms with Crippen molar-refractivity contribution in [3.8, 4) is 5.75 Å². The Morgan fingerprint density at radius 3 is 2.70 bits per heavy atom. The number of halogens is 1. The fourth-order valence-electron chi connectivity index (χ4n) is 3.43. The molecule has 1 aromatic heterocycles. The highest BCUT2D eigenvalue weighted by Crippen LogP contribution is 2.33. The van der Waals surface area contributed by atoms with Crippen molar-refractivity contribution in [2.75, 3.05) is 33.1 Å². The van der Waals surface area contributed by atoms with Crippen LogP contribution in [0.3, 0.4) is 0 Å². The molecule has 0 aliphatic rings. The number of fused-ring (bicyclic) bond motifs is 1. The molecule has 1 amide bonds. The molecule has 0 spiro atoms. The van der Waals surface area contributed by atoms with Crippen molar-refractivity contribution >= 4 is 34.1 Å². The summed E-state index contributed by atoms with van der Waals surface area (Å²) in [5.74, 6) is 0.0939. The molecule has 7 nitrogen and oxygen atoms in total. The van der Waals surface area contributed by atoms with Crippen LogP contribution in [0.15, 0.2) is 42.6 Å². The van der Waals surface area contributed by atoms with Gasteiger partial charge in [-0.25, -0.2) is 0 Å². The second-order valence-electron chi connectivity index (χ2n) is 6.81. The molecule has 4 N–H and O–H groups in total. The molecule has 8 heteroatoms. The Morgan fingerprint density at radius 2 is 2.07 bits per heavy atom. The molecule has 158 valence electrons. The van der Waals surface area contributed by atoms with Crippen LogP contribution in [0.5, 0.6) is 5.75 Å². The Balaban J connectivity index is 2.12. The summed E-state index contributed by atoms with van der Waals surface area (Å²) in [6, 6.07) is 10.9. The quantitative estimate of drug-likeness (QED) is 0.482. The van der Waals surface area contributed by atoms with E-state index in [4.69, 9.17) is 26.8 Å². The fourth-order valence-corrected chi connectivity index (χ4v) is 3.69. The number of ether oxygens (including phenoxy) is 2. The van der Waals surface area contributed by atoms with Gasteiger partial charge in [-0.1, -0.05) is 29.8 Å².